The number of carbonyl (C=O) groups is 1. The first-order chi connectivity index (χ1) is 18.6. The minimum Gasteiger partial charge on any atom is -0.479 e. The number of carboxylic acid groups (broad SMARTS) is 1. The zero-order chi connectivity index (χ0) is 27.8. The molecule has 0 saturated carbocycles. The monoisotopic (exact) mass is 610 g/mol. The molecule has 13 heteroatoms. The number of nitrogens with zero attached hydrogens (tertiary/aromatic N) is 4. The second-order valence-electron chi connectivity index (χ2n) is 8.31. The molecule has 0 fully saturated rings. The number of fused-ring (bicyclic) bond motifs is 2. The van der Waals surface area contributed by atoms with Crippen molar-refractivity contribution >= 4 is 67.3 Å². The number of halogens is 2. The van der Waals surface area contributed by atoms with E-state index in [4.69, 9.17) is 25.9 Å². The fourth-order valence-corrected chi connectivity index (χ4v) is 4.44. The van der Waals surface area contributed by atoms with Gasteiger partial charge in [-0.2, -0.15) is 9.78 Å². The van der Waals surface area contributed by atoms with E-state index in [1.54, 1.807) is 36.4 Å². The van der Waals surface area contributed by atoms with Crippen molar-refractivity contribution in [3.05, 3.63) is 96.2 Å². The highest BCUT2D eigenvalue weighted by Crippen LogP contribution is 2.37. The molecular formula is C26H16BrClN4O7. The number of furan rings is 1. The molecule has 0 spiro atoms. The minimum atomic E-state index is -1.38. The Morgan fingerprint density at radius 1 is 1.26 bits per heavy atom. The first-order valence-electron chi connectivity index (χ1n) is 11.3. The van der Waals surface area contributed by atoms with Gasteiger partial charge in [-0.05, 0) is 49.4 Å². The van der Waals surface area contributed by atoms with Gasteiger partial charge < -0.3 is 14.3 Å². The molecule has 0 saturated heterocycles. The number of hydrogen-bond acceptors (Lipinski definition) is 8. The van der Waals surface area contributed by atoms with Gasteiger partial charge in [0.15, 0.2) is 11.9 Å². The number of para-hydroxylation sites is 1. The van der Waals surface area contributed by atoms with Crippen LogP contribution in [0.5, 0.6) is 5.75 Å². The standard InChI is InChI=1S/C26H16BrClN4O7/c1-13(26(34)35)38-23-18(28)8-14(9-20(23)32(36)37)12-29-31-24(30-19-5-3-2-4-17(19)25(31)33)22-11-15-10-16(27)6-7-21(15)39-22/h2-13H,1H3,(H,34,35)/t13-/m0/s1. The normalized spacial score (nSPS) is 12.3. The van der Waals surface area contributed by atoms with Gasteiger partial charge in [-0.3, -0.25) is 14.9 Å². The molecule has 196 valence electrons. The van der Waals surface area contributed by atoms with Crippen molar-refractivity contribution in [2.75, 3.05) is 0 Å². The molecule has 0 unspecified atom stereocenters. The van der Waals surface area contributed by atoms with E-state index in [1.807, 2.05) is 12.1 Å². The predicted molar refractivity (Wildman–Crippen MR) is 148 cm³/mol. The predicted octanol–water partition coefficient (Wildman–Crippen LogP) is 5.87. The van der Waals surface area contributed by atoms with E-state index >= 15 is 0 Å². The van der Waals surface area contributed by atoms with Crippen LogP contribution in [0.4, 0.5) is 5.69 Å². The minimum absolute atomic E-state index is 0.109. The van der Waals surface area contributed by atoms with E-state index in [0.717, 1.165) is 20.6 Å². The van der Waals surface area contributed by atoms with Crippen LogP contribution in [0.15, 0.2) is 79.4 Å². The van der Waals surface area contributed by atoms with Crippen molar-refractivity contribution in [2.24, 2.45) is 5.10 Å². The molecule has 39 heavy (non-hydrogen) atoms. The number of aliphatic carboxylic acids is 1. The topological polar surface area (TPSA) is 150 Å². The molecule has 2 aromatic heterocycles. The summed E-state index contributed by atoms with van der Waals surface area (Å²) in [6, 6.07) is 16.3. The van der Waals surface area contributed by atoms with E-state index in [2.05, 4.69) is 26.0 Å². The molecule has 5 rings (SSSR count). The Kier molecular flexibility index (Phi) is 6.89. The molecule has 0 bridgehead atoms. The van der Waals surface area contributed by atoms with E-state index < -0.39 is 34.0 Å². The highest BCUT2D eigenvalue weighted by Gasteiger charge is 2.25. The van der Waals surface area contributed by atoms with Crippen molar-refractivity contribution in [3.8, 4) is 17.3 Å². The molecule has 0 amide bonds. The smallest absolute Gasteiger partial charge is 0.344 e. The number of ether oxygens (including phenoxy) is 1. The third kappa shape index (κ3) is 5.11. The van der Waals surface area contributed by atoms with E-state index in [9.17, 15) is 19.7 Å². The van der Waals surface area contributed by atoms with Crippen LogP contribution in [0.2, 0.25) is 5.02 Å². The Morgan fingerprint density at radius 3 is 2.77 bits per heavy atom. The van der Waals surface area contributed by atoms with Gasteiger partial charge in [0, 0.05) is 21.5 Å². The van der Waals surface area contributed by atoms with Gasteiger partial charge in [-0.25, -0.2) is 9.78 Å². The van der Waals surface area contributed by atoms with E-state index in [1.165, 1.54) is 19.2 Å². The number of rotatable bonds is 7. The first-order valence-corrected chi connectivity index (χ1v) is 12.4. The number of aromatic nitrogens is 2. The van der Waals surface area contributed by atoms with Gasteiger partial charge >= 0.3 is 11.7 Å². The van der Waals surface area contributed by atoms with Crippen molar-refractivity contribution in [1.82, 2.24) is 9.66 Å². The molecular weight excluding hydrogens is 596 g/mol. The molecule has 5 aromatic rings. The first kappa shape index (κ1) is 26.1. The van der Waals surface area contributed by atoms with Crippen LogP contribution < -0.4 is 10.3 Å². The third-order valence-electron chi connectivity index (χ3n) is 5.66. The lowest BCUT2D eigenvalue weighted by Crippen LogP contribution is -2.23. The number of nitro benzene ring substituents is 1. The van der Waals surface area contributed by atoms with Crippen molar-refractivity contribution in [3.63, 3.8) is 0 Å². The van der Waals surface area contributed by atoms with Crippen LogP contribution in [0, 0.1) is 10.1 Å². The van der Waals surface area contributed by atoms with Gasteiger partial charge in [-0.15, -0.1) is 0 Å². The molecule has 1 atom stereocenters. The average Bonchev–Trinajstić information content (AvgIpc) is 3.32. The van der Waals surface area contributed by atoms with Gasteiger partial charge in [0.05, 0.1) is 27.1 Å². The summed E-state index contributed by atoms with van der Waals surface area (Å²) in [7, 11) is 0. The number of hydrogen-bond donors (Lipinski definition) is 1. The highest BCUT2D eigenvalue weighted by molar-refractivity contribution is 9.10. The Labute approximate surface area is 232 Å². The van der Waals surface area contributed by atoms with Crippen LogP contribution in [0.3, 0.4) is 0 Å². The van der Waals surface area contributed by atoms with Gasteiger partial charge in [0.1, 0.15) is 5.58 Å². The maximum Gasteiger partial charge on any atom is 0.344 e. The molecule has 1 N–H and O–H groups in total. The van der Waals surface area contributed by atoms with Gasteiger partial charge in [0.25, 0.3) is 5.56 Å². The number of nitro groups is 1. The lowest BCUT2D eigenvalue weighted by atomic mass is 10.2. The molecule has 0 aliphatic heterocycles. The Balaban J connectivity index is 1.65. The summed E-state index contributed by atoms with van der Waals surface area (Å²) >= 11 is 9.64. The zero-order valence-electron chi connectivity index (χ0n) is 19.9. The van der Waals surface area contributed by atoms with Crippen molar-refractivity contribution < 1.29 is 24.0 Å². The maximum atomic E-state index is 13.4. The summed E-state index contributed by atoms with van der Waals surface area (Å²) in [5, 5.41) is 25.9. The molecule has 2 heterocycles. The summed E-state index contributed by atoms with van der Waals surface area (Å²) < 4.78 is 13.0. The fraction of sp³-hybridized carbons (Fsp3) is 0.0769. The largest absolute Gasteiger partial charge is 0.479 e. The summed E-state index contributed by atoms with van der Waals surface area (Å²) in [5.41, 5.74) is 0.0908. The Bertz CT molecular complexity index is 1880. The van der Waals surface area contributed by atoms with Crippen LogP contribution in [0.25, 0.3) is 33.5 Å². The van der Waals surface area contributed by atoms with E-state index in [0.29, 0.717) is 16.5 Å². The highest BCUT2D eigenvalue weighted by atomic mass is 79.9. The van der Waals surface area contributed by atoms with Crippen LogP contribution >= 0.6 is 27.5 Å². The van der Waals surface area contributed by atoms with Crippen molar-refractivity contribution in [2.45, 2.75) is 13.0 Å². The second-order valence-corrected chi connectivity index (χ2v) is 9.64. The van der Waals surface area contributed by atoms with Gasteiger partial charge in [-0.1, -0.05) is 39.7 Å². The molecule has 3 aromatic carbocycles. The molecule has 0 radical (unpaired) electrons. The average molecular weight is 612 g/mol. The Morgan fingerprint density at radius 2 is 2.03 bits per heavy atom. The summed E-state index contributed by atoms with van der Waals surface area (Å²) in [6.07, 6.45) is -0.181. The zero-order valence-corrected chi connectivity index (χ0v) is 22.2. The molecule has 0 aliphatic carbocycles. The third-order valence-corrected chi connectivity index (χ3v) is 6.43. The number of carboxylic acids is 1. The van der Waals surface area contributed by atoms with Crippen LogP contribution in [-0.4, -0.2) is 38.0 Å². The molecule has 0 aliphatic rings. The Hall–Kier alpha value is -4.55. The van der Waals surface area contributed by atoms with Gasteiger partial charge in [0.2, 0.25) is 11.6 Å². The summed E-state index contributed by atoms with van der Waals surface area (Å²) in [6.45, 7) is 1.22. The van der Waals surface area contributed by atoms with Crippen LogP contribution in [-0.2, 0) is 4.79 Å². The SMILES string of the molecule is C[C@H](Oc1c(Cl)cc(C=Nn2c(-c3cc4cc(Br)ccc4o3)nc3ccccc3c2=O)cc1[N+](=O)[O-])C(=O)O. The summed E-state index contributed by atoms with van der Waals surface area (Å²) in [5.74, 6) is -1.33. The molecule has 11 nitrogen and oxygen atoms in total. The second kappa shape index (κ2) is 10.3. The quantitative estimate of drug-likeness (QED) is 0.136. The summed E-state index contributed by atoms with van der Waals surface area (Å²) in [4.78, 5) is 40.1. The van der Waals surface area contributed by atoms with Crippen molar-refractivity contribution in [1.29, 1.82) is 0 Å². The number of benzene rings is 3. The van der Waals surface area contributed by atoms with Crippen LogP contribution in [0.1, 0.15) is 12.5 Å². The maximum absolute atomic E-state index is 13.4. The lowest BCUT2D eigenvalue weighted by molar-refractivity contribution is -0.386. The lowest BCUT2D eigenvalue weighted by Gasteiger charge is -2.12. The fourth-order valence-electron chi connectivity index (χ4n) is 3.79. The van der Waals surface area contributed by atoms with E-state index in [-0.39, 0.29) is 22.2 Å².